The number of aromatic nitrogens is 1. The molecule has 0 amide bonds. The molecule has 0 aliphatic carbocycles. The van der Waals surface area contributed by atoms with Gasteiger partial charge in [0.05, 0.1) is 5.69 Å². The number of halogens is 3. The molecule has 1 aromatic carbocycles. The smallest absolute Gasteiger partial charge is 0.406 e. The van der Waals surface area contributed by atoms with Crippen LogP contribution in [0.5, 0.6) is 5.75 Å². The molecule has 0 unspecified atom stereocenters. The van der Waals surface area contributed by atoms with Crippen molar-refractivity contribution in [2.24, 2.45) is 0 Å². The van der Waals surface area contributed by atoms with E-state index in [-0.39, 0.29) is 5.75 Å². The van der Waals surface area contributed by atoms with Crippen molar-refractivity contribution in [3.8, 4) is 5.75 Å². The maximum absolute atomic E-state index is 12.3. The van der Waals surface area contributed by atoms with Crippen molar-refractivity contribution in [3.63, 3.8) is 0 Å². The lowest BCUT2D eigenvalue weighted by molar-refractivity contribution is -0.274. The number of alkyl halides is 3. The highest BCUT2D eigenvalue weighted by Crippen LogP contribution is 2.25. The molecule has 0 saturated carbocycles. The van der Waals surface area contributed by atoms with Crippen molar-refractivity contribution in [1.29, 1.82) is 0 Å². The average Bonchev–Trinajstić information content (AvgIpc) is 2.62. The lowest BCUT2D eigenvalue weighted by Crippen LogP contribution is -2.49. The molecular weight excluding hydrogens is 377 g/mol. The molecule has 1 N–H and O–H groups in total. The fourth-order valence-corrected chi connectivity index (χ4v) is 3.10. The zero-order chi connectivity index (χ0) is 19.3. The van der Waals surface area contributed by atoms with E-state index in [2.05, 4.69) is 19.9 Å². The normalized spacial score (nSPS) is 15.4. The van der Waals surface area contributed by atoms with Gasteiger partial charge in [0.1, 0.15) is 5.75 Å². The van der Waals surface area contributed by atoms with Gasteiger partial charge in [-0.05, 0) is 36.5 Å². The molecule has 5 nitrogen and oxygen atoms in total. The van der Waals surface area contributed by atoms with Gasteiger partial charge in [-0.2, -0.15) is 0 Å². The molecule has 1 aliphatic rings. The number of rotatable bonds is 4. The summed E-state index contributed by atoms with van der Waals surface area (Å²) in [6.45, 7) is 3.91. The van der Waals surface area contributed by atoms with Gasteiger partial charge in [0.15, 0.2) is 5.11 Å². The summed E-state index contributed by atoms with van der Waals surface area (Å²) >= 11 is 5.40. The predicted octanol–water partition coefficient (Wildman–Crippen LogP) is 3.49. The summed E-state index contributed by atoms with van der Waals surface area (Å²) < 4.78 is 40.9. The molecule has 0 radical (unpaired) electrons. The van der Waals surface area contributed by atoms with Crippen LogP contribution in [-0.2, 0) is 6.54 Å². The van der Waals surface area contributed by atoms with Crippen LogP contribution in [0.1, 0.15) is 5.69 Å². The minimum absolute atomic E-state index is 0.282. The van der Waals surface area contributed by atoms with E-state index >= 15 is 0 Å². The quantitative estimate of drug-likeness (QED) is 0.798. The molecule has 3 rings (SSSR count). The van der Waals surface area contributed by atoms with Crippen molar-refractivity contribution in [2.75, 3.05) is 31.5 Å². The Balaban J connectivity index is 1.50. The van der Waals surface area contributed by atoms with Crippen molar-refractivity contribution in [2.45, 2.75) is 12.9 Å². The molecule has 2 aromatic rings. The molecule has 144 valence electrons. The first-order chi connectivity index (χ1) is 12.9. The van der Waals surface area contributed by atoms with Gasteiger partial charge in [-0.3, -0.25) is 9.88 Å². The van der Waals surface area contributed by atoms with Gasteiger partial charge >= 0.3 is 6.36 Å². The van der Waals surface area contributed by atoms with Crippen LogP contribution in [0, 0.1) is 0 Å². The van der Waals surface area contributed by atoms with Gasteiger partial charge in [-0.25, -0.2) is 0 Å². The third-order valence-corrected chi connectivity index (χ3v) is 4.45. The fourth-order valence-electron chi connectivity index (χ4n) is 2.80. The van der Waals surface area contributed by atoms with Gasteiger partial charge in [0.2, 0.25) is 0 Å². The summed E-state index contributed by atoms with van der Waals surface area (Å²) in [6.07, 6.45) is -2.94. The average molecular weight is 396 g/mol. The van der Waals surface area contributed by atoms with Crippen LogP contribution in [0.3, 0.4) is 0 Å². The van der Waals surface area contributed by atoms with E-state index in [4.69, 9.17) is 12.2 Å². The molecule has 2 heterocycles. The topological polar surface area (TPSA) is 40.6 Å². The summed E-state index contributed by atoms with van der Waals surface area (Å²) in [5.74, 6) is -0.282. The second kappa shape index (κ2) is 8.53. The maximum Gasteiger partial charge on any atom is 0.573 e. The minimum Gasteiger partial charge on any atom is -0.406 e. The highest BCUT2D eigenvalue weighted by molar-refractivity contribution is 7.80. The molecular formula is C18H19F3N4OS. The first-order valence-corrected chi connectivity index (χ1v) is 8.84. The van der Waals surface area contributed by atoms with Crippen LogP contribution in [-0.4, -0.2) is 52.4 Å². The van der Waals surface area contributed by atoms with Crippen LogP contribution < -0.4 is 10.1 Å². The van der Waals surface area contributed by atoms with Crippen molar-refractivity contribution < 1.29 is 17.9 Å². The molecule has 0 bridgehead atoms. The van der Waals surface area contributed by atoms with Gasteiger partial charge in [0, 0.05) is 50.7 Å². The van der Waals surface area contributed by atoms with E-state index in [1.807, 2.05) is 23.1 Å². The Bertz CT molecular complexity index is 765. The third-order valence-electron chi connectivity index (χ3n) is 4.09. The van der Waals surface area contributed by atoms with Crippen molar-refractivity contribution >= 4 is 23.0 Å². The monoisotopic (exact) mass is 396 g/mol. The number of nitrogens with zero attached hydrogens (tertiary/aromatic N) is 3. The predicted molar refractivity (Wildman–Crippen MR) is 100 cm³/mol. The van der Waals surface area contributed by atoms with Gasteiger partial charge in [-0.15, -0.1) is 13.2 Å². The van der Waals surface area contributed by atoms with Gasteiger partial charge in [-0.1, -0.05) is 12.1 Å². The fraction of sp³-hybridized carbons (Fsp3) is 0.333. The van der Waals surface area contributed by atoms with Crippen LogP contribution >= 0.6 is 12.2 Å². The number of nitrogens with one attached hydrogen (secondary N) is 1. The Morgan fingerprint density at radius 3 is 2.56 bits per heavy atom. The molecule has 1 saturated heterocycles. The zero-order valence-electron chi connectivity index (χ0n) is 14.4. The zero-order valence-corrected chi connectivity index (χ0v) is 15.3. The summed E-state index contributed by atoms with van der Waals surface area (Å²) in [4.78, 5) is 8.62. The number of hydrogen-bond donors (Lipinski definition) is 1. The third kappa shape index (κ3) is 6.07. The molecule has 1 aliphatic heterocycles. The van der Waals surface area contributed by atoms with Gasteiger partial charge in [0.25, 0.3) is 0 Å². The van der Waals surface area contributed by atoms with E-state index in [9.17, 15) is 13.2 Å². The van der Waals surface area contributed by atoms with Crippen LogP contribution in [0.15, 0.2) is 48.7 Å². The van der Waals surface area contributed by atoms with E-state index < -0.39 is 6.36 Å². The van der Waals surface area contributed by atoms with E-state index in [0.29, 0.717) is 10.8 Å². The standard InChI is InChI=1S/C18H19F3N4OS/c19-18(20,21)26-16-6-3-5-14(12-16)23-17(27)25-10-8-24(9-11-25)13-15-4-1-2-7-22-15/h1-7,12H,8-11,13H2,(H,23,27). The largest absolute Gasteiger partial charge is 0.573 e. The second-order valence-corrected chi connectivity index (χ2v) is 6.48. The Kier molecular flexibility index (Phi) is 6.12. The Labute approximate surface area is 160 Å². The van der Waals surface area contributed by atoms with Crippen LogP contribution in [0.2, 0.25) is 0 Å². The Hall–Kier alpha value is -2.39. The molecule has 1 fully saturated rings. The SMILES string of the molecule is FC(F)(F)Oc1cccc(NC(=S)N2CCN(Cc3ccccn3)CC2)c1. The first kappa shape index (κ1) is 19.4. The molecule has 0 spiro atoms. The number of piperazine rings is 1. The Morgan fingerprint density at radius 2 is 1.89 bits per heavy atom. The van der Waals surface area contributed by atoms with Crippen LogP contribution in [0.25, 0.3) is 0 Å². The van der Waals surface area contributed by atoms with E-state index in [0.717, 1.165) is 38.4 Å². The van der Waals surface area contributed by atoms with E-state index in [1.165, 1.54) is 18.2 Å². The highest BCUT2D eigenvalue weighted by atomic mass is 32.1. The summed E-state index contributed by atoms with van der Waals surface area (Å²) in [5.41, 5.74) is 1.48. The minimum atomic E-state index is -4.72. The molecule has 27 heavy (non-hydrogen) atoms. The summed E-state index contributed by atoms with van der Waals surface area (Å²) in [6, 6.07) is 11.5. The highest BCUT2D eigenvalue weighted by Gasteiger charge is 2.31. The number of hydrogen-bond acceptors (Lipinski definition) is 4. The lowest BCUT2D eigenvalue weighted by Gasteiger charge is -2.36. The molecule has 1 aromatic heterocycles. The van der Waals surface area contributed by atoms with Crippen molar-refractivity contribution in [3.05, 3.63) is 54.4 Å². The number of pyridine rings is 1. The first-order valence-electron chi connectivity index (χ1n) is 8.43. The Morgan fingerprint density at radius 1 is 1.11 bits per heavy atom. The number of benzene rings is 1. The van der Waals surface area contributed by atoms with Gasteiger partial charge < -0.3 is 15.0 Å². The van der Waals surface area contributed by atoms with Crippen molar-refractivity contribution in [1.82, 2.24) is 14.8 Å². The number of thiocarbonyl (C=S) groups is 1. The number of anilines is 1. The summed E-state index contributed by atoms with van der Waals surface area (Å²) in [5, 5.41) is 3.46. The van der Waals surface area contributed by atoms with E-state index in [1.54, 1.807) is 12.3 Å². The lowest BCUT2D eigenvalue weighted by atomic mass is 10.2. The molecule has 0 atom stereocenters. The maximum atomic E-state index is 12.3. The molecule has 9 heteroatoms. The summed E-state index contributed by atoms with van der Waals surface area (Å²) in [7, 11) is 0. The number of ether oxygens (including phenoxy) is 1. The van der Waals surface area contributed by atoms with Crippen LogP contribution in [0.4, 0.5) is 18.9 Å². The second-order valence-electron chi connectivity index (χ2n) is 6.09.